The van der Waals surface area contributed by atoms with Gasteiger partial charge >= 0.3 is 0 Å². The maximum absolute atomic E-state index is 4.66. The minimum atomic E-state index is 0.884. The fraction of sp³-hybridized carbons (Fsp3) is 0.267. The van der Waals surface area contributed by atoms with Gasteiger partial charge in [0, 0.05) is 42.7 Å². The van der Waals surface area contributed by atoms with Gasteiger partial charge in [0.15, 0.2) is 4.96 Å². The standard InChI is InChI=1S/C15H16BrN3S/c16-6-7-18(10-13-4-2-1-3-5-13)11-14-12-19-8-9-20-15(19)17-14/h1-5,8-9,12H,6-7,10-11H2. The highest BCUT2D eigenvalue weighted by Crippen LogP contribution is 2.14. The van der Waals surface area contributed by atoms with Crippen LogP contribution in [0.2, 0.25) is 0 Å². The van der Waals surface area contributed by atoms with Crippen LogP contribution >= 0.6 is 27.3 Å². The number of hydrogen-bond acceptors (Lipinski definition) is 3. The zero-order chi connectivity index (χ0) is 13.8. The summed E-state index contributed by atoms with van der Waals surface area (Å²) in [6.07, 6.45) is 4.18. The van der Waals surface area contributed by atoms with Crippen molar-refractivity contribution in [2.45, 2.75) is 13.1 Å². The molecule has 0 bridgehead atoms. The largest absolute Gasteiger partial charge is 0.297 e. The first-order valence-corrected chi connectivity index (χ1v) is 8.58. The molecule has 0 amide bonds. The highest BCUT2D eigenvalue weighted by molar-refractivity contribution is 9.09. The molecule has 0 saturated heterocycles. The topological polar surface area (TPSA) is 20.5 Å². The van der Waals surface area contributed by atoms with Crippen molar-refractivity contribution in [3.8, 4) is 0 Å². The second-order valence-electron chi connectivity index (χ2n) is 4.71. The molecule has 0 atom stereocenters. The van der Waals surface area contributed by atoms with Crippen LogP contribution in [0, 0.1) is 0 Å². The summed E-state index contributed by atoms with van der Waals surface area (Å²) in [5.74, 6) is 0. The fourth-order valence-corrected chi connectivity index (χ4v) is 3.48. The summed E-state index contributed by atoms with van der Waals surface area (Å²) in [7, 11) is 0. The smallest absolute Gasteiger partial charge is 0.193 e. The Morgan fingerprint density at radius 1 is 1.20 bits per heavy atom. The molecule has 1 aromatic carbocycles. The van der Waals surface area contributed by atoms with E-state index in [-0.39, 0.29) is 0 Å². The second-order valence-corrected chi connectivity index (χ2v) is 6.38. The van der Waals surface area contributed by atoms with Gasteiger partial charge in [-0.15, -0.1) is 11.3 Å². The monoisotopic (exact) mass is 349 g/mol. The van der Waals surface area contributed by atoms with Gasteiger partial charge in [-0.05, 0) is 5.56 Å². The Morgan fingerprint density at radius 3 is 2.80 bits per heavy atom. The summed E-state index contributed by atoms with van der Waals surface area (Å²) >= 11 is 5.22. The van der Waals surface area contributed by atoms with Crippen LogP contribution < -0.4 is 0 Å². The summed E-state index contributed by atoms with van der Waals surface area (Å²) in [6, 6.07) is 10.6. The Bertz CT molecular complexity index is 633. The normalized spacial score (nSPS) is 11.5. The lowest BCUT2D eigenvalue weighted by Gasteiger charge is -2.20. The van der Waals surface area contributed by atoms with Crippen molar-refractivity contribution in [2.75, 3.05) is 11.9 Å². The molecule has 3 aromatic rings. The molecule has 2 heterocycles. The van der Waals surface area contributed by atoms with Gasteiger partial charge in [0.1, 0.15) is 0 Å². The Balaban J connectivity index is 1.72. The van der Waals surface area contributed by atoms with Crippen LogP contribution in [0.25, 0.3) is 4.96 Å². The van der Waals surface area contributed by atoms with Crippen LogP contribution in [0.5, 0.6) is 0 Å². The highest BCUT2D eigenvalue weighted by atomic mass is 79.9. The first-order chi connectivity index (χ1) is 9.85. The first-order valence-electron chi connectivity index (χ1n) is 6.58. The highest BCUT2D eigenvalue weighted by Gasteiger charge is 2.09. The van der Waals surface area contributed by atoms with E-state index in [2.05, 4.69) is 78.3 Å². The van der Waals surface area contributed by atoms with E-state index >= 15 is 0 Å². The number of nitrogens with zero attached hydrogens (tertiary/aromatic N) is 3. The molecule has 0 fully saturated rings. The van der Waals surface area contributed by atoms with Gasteiger partial charge in [-0.3, -0.25) is 9.30 Å². The number of aromatic nitrogens is 2. The van der Waals surface area contributed by atoms with Gasteiger partial charge in [0.25, 0.3) is 0 Å². The van der Waals surface area contributed by atoms with Gasteiger partial charge in [0.2, 0.25) is 0 Å². The molecule has 2 aromatic heterocycles. The maximum Gasteiger partial charge on any atom is 0.193 e. The number of thiazole rings is 1. The van der Waals surface area contributed by atoms with Gasteiger partial charge in [-0.25, -0.2) is 4.98 Å². The Hall–Kier alpha value is -1.17. The number of imidazole rings is 1. The number of halogens is 1. The Kier molecular flexibility index (Phi) is 4.50. The molecule has 20 heavy (non-hydrogen) atoms. The third-order valence-electron chi connectivity index (χ3n) is 3.18. The van der Waals surface area contributed by atoms with Crippen LogP contribution in [0.1, 0.15) is 11.3 Å². The molecule has 0 radical (unpaired) electrons. The number of hydrogen-bond donors (Lipinski definition) is 0. The van der Waals surface area contributed by atoms with Crippen LogP contribution in [0.15, 0.2) is 48.1 Å². The summed E-state index contributed by atoms with van der Waals surface area (Å²) in [5.41, 5.74) is 2.48. The zero-order valence-corrected chi connectivity index (χ0v) is 13.5. The van der Waals surface area contributed by atoms with E-state index in [1.165, 1.54) is 5.56 Å². The van der Waals surface area contributed by atoms with Crippen molar-refractivity contribution in [1.29, 1.82) is 0 Å². The van der Waals surface area contributed by atoms with Gasteiger partial charge < -0.3 is 0 Å². The maximum atomic E-state index is 4.66. The van der Waals surface area contributed by atoms with E-state index in [1.807, 2.05) is 0 Å². The van der Waals surface area contributed by atoms with E-state index < -0.39 is 0 Å². The SMILES string of the molecule is BrCCN(Cc1ccccc1)Cc1cn2ccsc2n1. The van der Waals surface area contributed by atoms with Crippen molar-refractivity contribution < 1.29 is 0 Å². The van der Waals surface area contributed by atoms with Crippen molar-refractivity contribution in [1.82, 2.24) is 14.3 Å². The molecular formula is C15H16BrN3S. The first kappa shape index (κ1) is 13.8. The molecule has 0 aliphatic heterocycles. The molecule has 0 N–H and O–H groups in total. The summed E-state index contributed by atoms with van der Waals surface area (Å²) < 4.78 is 2.09. The van der Waals surface area contributed by atoms with Crippen LogP contribution in [-0.4, -0.2) is 26.2 Å². The molecule has 0 spiro atoms. The molecule has 0 aliphatic carbocycles. The van der Waals surface area contributed by atoms with Crippen molar-refractivity contribution in [3.05, 3.63) is 59.4 Å². The molecule has 104 valence electrons. The molecule has 0 saturated carbocycles. The third kappa shape index (κ3) is 3.29. The van der Waals surface area contributed by atoms with Crippen LogP contribution in [0.4, 0.5) is 0 Å². The van der Waals surface area contributed by atoms with E-state index in [4.69, 9.17) is 0 Å². The average Bonchev–Trinajstić information content (AvgIpc) is 3.01. The fourth-order valence-electron chi connectivity index (χ4n) is 2.26. The molecule has 3 rings (SSSR count). The third-order valence-corrected chi connectivity index (χ3v) is 4.30. The van der Waals surface area contributed by atoms with E-state index in [1.54, 1.807) is 11.3 Å². The minimum absolute atomic E-state index is 0.884. The number of benzene rings is 1. The zero-order valence-electron chi connectivity index (χ0n) is 11.1. The average molecular weight is 350 g/mol. The lowest BCUT2D eigenvalue weighted by atomic mass is 10.2. The molecule has 0 aliphatic rings. The lowest BCUT2D eigenvalue weighted by Crippen LogP contribution is -2.25. The molecular weight excluding hydrogens is 334 g/mol. The van der Waals surface area contributed by atoms with Crippen LogP contribution in [-0.2, 0) is 13.1 Å². The lowest BCUT2D eigenvalue weighted by molar-refractivity contribution is 0.271. The van der Waals surface area contributed by atoms with E-state index in [0.29, 0.717) is 0 Å². The number of alkyl halides is 1. The van der Waals surface area contributed by atoms with Crippen molar-refractivity contribution in [2.24, 2.45) is 0 Å². The Morgan fingerprint density at radius 2 is 2.05 bits per heavy atom. The van der Waals surface area contributed by atoms with Gasteiger partial charge in [0.05, 0.1) is 5.69 Å². The summed E-state index contributed by atoms with van der Waals surface area (Å²) in [4.78, 5) is 8.14. The summed E-state index contributed by atoms with van der Waals surface area (Å²) in [6.45, 7) is 2.85. The predicted molar refractivity (Wildman–Crippen MR) is 87.4 cm³/mol. The quantitative estimate of drug-likeness (QED) is 0.631. The predicted octanol–water partition coefficient (Wildman–Crippen LogP) is 3.79. The number of rotatable bonds is 6. The van der Waals surface area contributed by atoms with E-state index in [0.717, 1.165) is 35.6 Å². The molecule has 0 unspecified atom stereocenters. The molecule has 3 nitrogen and oxygen atoms in total. The number of fused-ring (bicyclic) bond motifs is 1. The molecule has 5 heteroatoms. The summed E-state index contributed by atoms with van der Waals surface area (Å²) in [5, 5.41) is 3.04. The van der Waals surface area contributed by atoms with Crippen LogP contribution in [0.3, 0.4) is 0 Å². The van der Waals surface area contributed by atoms with Crippen molar-refractivity contribution in [3.63, 3.8) is 0 Å². The van der Waals surface area contributed by atoms with Gasteiger partial charge in [-0.1, -0.05) is 46.3 Å². The minimum Gasteiger partial charge on any atom is -0.297 e. The van der Waals surface area contributed by atoms with Crippen molar-refractivity contribution >= 4 is 32.2 Å². The van der Waals surface area contributed by atoms with E-state index in [9.17, 15) is 0 Å². The van der Waals surface area contributed by atoms with Gasteiger partial charge in [-0.2, -0.15) is 0 Å². The Labute approximate surface area is 131 Å². The second kappa shape index (κ2) is 6.52.